The van der Waals surface area contributed by atoms with Gasteiger partial charge in [-0.2, -0.15) is 0 Å². The highest BCUT2D eigenvalue weighted by atomic mass is 35.5. The van der Waals surface area contributed by atoms with Gasteiger partial charge in [0.2, 0.25) is 5.88 Å². The van der Waals surface area contributed by atoms with Crippen molar-refractivity contribution in [2.24, 2.45) is 0 Å². The molecule has 1 aliphatic rings. The highest BCUT2D eigenvalue weighted by Crippen LogP contribution is 2.20. The Labute approximate surface area is 191 Å². The molecule has 0 spiro atoms. The molecule has 0 aliphatic carbocycles. The Morgan fingerprint density at radius 3 is 2.58 bits per heavy atom. The van der Waals surface area contributed by atoms with Crippen LogP contribution in [0.1, 0.15) is 34.9 Å². The van der Waals surface area contributed by atoms with Crippen molar-refractivity contribution in [1.82, 2.24) is 30.6 Å². The number of amides is 1. The summed E-state index contributed by atoms with van der Waals surface area (Å²) in [7, 11) is 0. The molecule has 31 heavy (non-hydrogen) atoms. The summed E-state index contributed by atoms with van der Waals surface area (Å²) in [5.41, 5.74) is 1.11. The third-order valence-corrected chi connectivity index (χ3v) is 4.71. The molecular weight excluding hydrogens is 446 g/mol. The number of nitrogens with one attached hydrogen (secondary N) is 2. The summed E-state index contributed by atoms with van der Waals surface area (Å²) in [6, 6.07) is 9.48. The quantitative estimate of drug-likeness (QED) is 0.576. The van der Waals surface area contributed by atoms with Crippen LogP contribution in [0.25, 0.3) is 0 Å². The SMILES string of the molecule is Cl.Cl.O=C(NCc1ccc(Oc2ccc(F)cc2)nc1)c1cn(C2CCNCC2)nn1. The van der Waals surface area contributed by atoms with Crippen molar-refractivity contribution in [2.75, 3.05) is 13.1 Å². The van der Waals surface area contributed by atoms with Crippen LogP contribution in [0.4, 0.5) is 4.39 Å². The Bertz CT molecular complexity index is 963. The Balaban J connectivity index is 0.00000171. The number of piperidine rings is 1. The lowest BCUT2D eigenvalue weighted by Crippen LogP contribution is -2.29. The van der Waals surface area contributed by atoms with E-state index in [-0.39, 0.29) is 42.6 Å². The van der Waals surface area contributed by atoms with Gasteiger partial charge in [0.25, 0.3) is 5.91 Å². The van der Waals surface area contributed by atoms with Crippen molar-refractivity contribution in [2.45, 2.75) is 25.4 Å². The third kappa shape index (κ3) is 6.61. The van der Waals surface area contributed by atoms with Gasteiger partial charge in [-0.15, -0.1) is 29.9 Å². The first kappa shape index (κ1) is 24.5. The van der Waals surface area contributed by atoms with Crippen LogP contribution < -0.4 is 15.4 Å². The number of carbonyl (C=O) groups is 1. The van der Waals surface area contributed by atoms with Crippen molar-refractivity contribution in [3.05, 3.63) is 65.9 Å². The molecular formula is C20H23Cl2FN6O2. The van der Waals surface area contributed by atoms with Crippen molar-refractivity contribution in [1.29, 1.82) is 0 Å². The molecule has 8 nitrogen and oxygen atoms in total. The Morgan fingerprint density at radius 1 is 1.16 bits per heavy atom. The van der Waals surface area contributed by atoms with E-state index in [4.69, 9.17) is 4.74 Å². The number of pyridine rings is 1. The van der Waals surface area contributed by atoms with Crippen LogP contribution in [0.2, 0.25) is 0 Å². The molecule has 1 fully saturated rings. The zero-order chi connectivity index (χ0) is 20.1. The monoisotopic (exact) mass is 468 g/mol. The highest BCUT2D eigenvalue weighted by Gasteiger charge is 2.18. The number of rotatable bonds is 6. The number of hydrogen-bond acceptors (Lipinski definition) is 6. The number of aromatic nitrogens is 4. The molecule has 4 rings (SSSR count). The standard InChI is InChI=1S/C20H21FN6O2.2ClH/c21-15-2-4-17(5-3-15)29-19-6-1-14(11-23-19)12-24-20(28)18-13-27(26-25-18)16-7-9-22-10-8-16;;/h1-6,11,13,16,22H,7-10,12H2,(H,24,28);2*1H. The molecule has 0 saturated carbocycles. The van der Waals surface area contributed by atoms with Crippen molar-refractivity contribution in [3.63, 3.8) is 0 Å². The topological polar surface area (TPSA) is 94.0 Å². The molecule has 166 valence electrons. The van der Waals surface area contributed by atoms with Crippen molar-refractivity contribution < 1.29 is 13.9 Å². The fraction of sp³-hybridized carbons (Fsp3) is 0.300. The van der Waals surface area contributed by atoms with Crippen LogP contribution in [0.5, 0.6) is 11.6 Å². The van der Waals surface area contributed by atoms with E-state index in [9.17, 15) is 9.18 Å². The molecule has 0 unspecified atom stereocenters. The number of ether oxygens (including phenoxy) is 1. The molecule has 1 saturated heterocycles. The van der Waals surface area contributed by atoms with E-state index in [1.807, 2.05) is 0 Å². The van der Waals surface area contributed by atoms with Gasteiger partial charge in [-0.05, 0) is 55.8 Å². The van der Waals surface area contributed by atoms with Gasteiger partial charge in [0.15, 0.2) is 5.69 Å². The second-order valence-corrected chi connectivity index (χ2v) is 6.81. The lowest BCUT2D eigenvalue weighted by molar-refractivity contribution is 0.0945. The maximum Gasteiger partial charge on any atom is 0.273 e. The zero-order valence-electron chi connectivity index (χ0n) is 16.5. The Kier molecular flexibility index (Phi) is 9.17. The summed E-state index contributed by atoms with van der Waals surface area (Å²) in [5.74, 6) is 0.275. The molecule has 3 heterocycles. The largest absolute Gasteiger partial charge is 0.439 e. The lowest BCUT2D eigenvalue weighted by atomic mass is 10.1. The van der Waals surface area contributed by atoms with Crippen molar-refractivity contribution in [3.8, 4) is 11.6 Å². The number of carbonyl (C=O) groups excluding carboxylic acids is 1. The fourth-order valence-electron chi connectivity index (χ4n) is 3.10. The number of hydrogen-bond donors (Lipinski definition) is 2. The maximum atomic E-state index is 12.9. The van der Waals surface area contributed by atoms with E-state index in [1.165, 1.54) is 24.3 Å². The second kappa shape index (κ2) is 11.6. The van der Waals surface area contributed by atoms with Crippen LogP contribution in [0.3, 0.4) is 0 Å². The van der Waals surface area contributed by atoms with Gasteiger partial charge < -0.3 is 15.4 Å². The Hall–Kier alpha value is -2.75. The maximum absolute atomic E-state index is 12.9. The summed E-state index contributed by atoms with van der Waals surface area (Å²) in [6.45, 7) is 2.20. The fourth-order valence-corrected chi connectivity index (χ4v) is 3.10. The molecule has 3 aromatic rings. The summed E-state index contributed by atoms with van der Waals surface area (Å²) in [5, 5.41) is 14.2. The molecule has 0 bridgehead atoms. The minimum atomic E-state index is -0.327. The second-order valence-electron chi connectivity index (χ2n) is 6.81. The molecule has 1 aromatic carbocycles. The van der Waals surface area contributed by atoms with Crippen LogP contribution in [-0.4, -0.2) is 39.0 Å². The summed E-state index contributed by atoms with van der Waals surface area (Å²) in [4.78, 5) is 16.5. The van der Waals surface area contributed by atoms with E-state index in [0.29, 0.717) is 23.9 Å². The van der Waals surface area contributed by atoms with Crippen LogP contribution in [0.15, 0.2) is 48.8 Å². The minimum absolute atomic E-state index is 0. The number of benzene rings is 1. The lowest BCUT2D eigenvalue weighted by Gasteiger charge is -2.22. The van der Waals surface area contributed by atoms with E-state index < -0.39 is 0 Å². The zero-order valence-corrected chi connectivity index (χ0v) is 18.2. The molecule has 1 amide bonds. The van der Waals surface area contributed by atoms with Gasteiger partial charge in [-0.3, -0.25) is 4.79 Å². The van der Waals surface area contributed by atoms with E-state index >= 15 is 0 Å². The third-order valence-electron chi connectivity index (χ3n) is 4.71. The molecule has 11 heteroatoms. The molecule has 0 radical (unpaired) electrons. The number of halogens is 3. The van der Waals surface area contributed by atoms with Crippen LogP contribution in [0, 0.1) is 5.82 Å². The molecule has 2 aromatic heterocycles. The van der Waals surface area contributed by atoms with Crippen LogP contribution in [-0.2, 0) is 6.54 Å². The minimum Gasteiger partial charge on any atom is -0.439 e. The molecule has 1 aliphatic heterocycles. The normalized spacial score (nSPS) is 13.6. The first-order valence-electron chi connectivity index (χ1n) is 9.46. The van der Waals surface area contributed by atoms with E-state index in [1.54, 1.807) is 29.2 Å². The average molecular weight is 469 g/mol. The van der Waals surface area contributed by atoms with Crippen molar-refractivity contribution >= 4 is 30.7 Å². The summed E-state index contributed by atoms with van der Waals surface area (Å²) < 4.78 is 20.3. The van der Waals surface area contributed by atoms with Gasteiger partial charge >= 0.3 is 0 Å². The van der Waals surface area contributed by atoms with Gasteiger partial charge in [0, 0.05) is 18.8 Å². The van der Waals surface area contributed by atoms with Gasteiger partial charge in [0.05, 0.1) is 12.2 Å². The summed E-state index contributed by atoms with van der Waals surface area (Å²) in [6.07, 6.45) is 5.26. The van der Waals surface area contributed by atoms with E-state index in [2.05, 4.69) is 25.9 Å². The van der Waals surface area contributed by atoms with E-state index in [0.717, 1.165) is 31.5 Å². The summed E-state index contributed by atoms with van der Waals surface area (Å²) >= 11 is 0. The molecule has 0 atom stereocenters. The highest BCUT2D eigenvalue weighted by molar-refractivity contribution is 5.91. The predicted octanol–water partition coefficient (Wildman–Crippen LogP) is 3.30. The first-order valence-corrected chi connectivity index (χ1v) is 9.46. The smallest absolute Gasteiger partial charge is 0.273 e. The molecule has 2 N–H and O–H groups in total. The average Bonchev–Trinajstić information content (AvgIpc) is 3.26. The van der Waals surface area contributed by atoms with Gasteiger partial charge in [-0.1, -0.05) is 11.3 Å². The van der Waals surface area contributed by atoms with Crippen LogP contribution >= 0.6 is 24.8 Å². The van der Waals surface area contributed by atoms with Gasteiger partial charge in [0.1, 0.15) is 11.6 Å². The van der Waals surface area contributed by atoms with Gasteiger partial charge in [-0.25, -0.2) is 14.1 Å². The first-order chi connectivity index (χ1) is 14.2. The number of nitrogens with zero attached hydrogens (tertiary/aromatic N) is 4. The predicted molar refractivity (Wildman–Crippen MR) is 118 cm³/mol. The Morgan fingerprint density at radius 2 is 1.90 bits per heavy atom.